The zero-order valence-electron chi connectivity index (χ0n) is 12.6. The Balaban J connectivity index is 2.04. The van der Waals surface area contributed by atoms with Gasteiger partial charge in [0.2, 0.25) is 11.8 Å². The van der Waals surface area contributed by atoms with Crippen molar-refractivity contribution in [2.75, 3.05) is 0 Å². The molecule has 0 aromatic heterocycles. The maximum atomic E-state index is 12.0. The summed E-state index contributed by atoms with van der Waals surface area (Å²) in [5.41, 5.74) is 5.32. The molecule has 0 saturated heterocycles. The summed E-state index contributed by atoms with van der Waals surface area (Å²) in [6, 6.07) is 13.8. The lowest BCUT2D eigenvalue weighted by Gasteiger charge is -2.18. The first-order valence-corrected chi connectivity index (χ1v) is 6.94. The number of amides is 2. The predicted molar refractivity (Wildman–Crippen MR) is 83.4 cm³/mol. The van der Waals surface area contributed by atoms with Crippen molar-refractivity contribution in [1.29, 1.82) is 0 Å². The van der Waals surface area contributed by atoms with Crippen LogP contribution in [0.4, 0.5) is 0 Å². The van der Waals surface area contributed by atoms with Crippen molar-refractivity contribution in [3.63, 3.8) is 0 Å². The molecule has 0 atom stereocenters. The minimum Gasteiger partial charge on any atom is -0.273 e. The van der Waals surface area contributed by atoms with Gasteiger partial charge in [-0.3, -0.25) is 20.4 Å². The quantitative estimate of drug-likeness (QED) is 0.833. The largest absolute Gasteiger partial charge is 0.273 e. The number of rotatable bonds is 2. The van der Waals surface area contributed by atoms with E-state index in [4.69, 9.17) is 0 Å². The molecule has 2 amide bonds. The Labute approximate surface area is 124 Å². The van der Waals surface area contributed by atoms with Crippen LogP contribution in [0.15, 0.2) is 42.5 Å². The summed E-state index contributed by atoms with van der Waals surface area (Å²) in [4.78, 5) is 23.7. The lowest BCUT2D eigenvalue weighted by atomic mass is 9.96. The molecule has 0 spiro atoms. The number of benzene rings is 2. The molecule has 2 rings (SSSR count). The third-order valence-electron chi connectivity index (χ3n) is 3.23. The van der Waals surface area contributed by atoms with Crippen LogP contribution in [-0.4, -0.2) is 11.8 Å². The molecule has 0 heterocycles. The summed E-state index contributed by atoms with van der Waals surface area (Å²) in [5, 5.41) is 2.15. The van der Waals surface area contributed by atoms with Gasteiger partial charge in [0.1, 0.15) is 0 Å². The summed E-state index contributed by atoms with van der Waals surface area (Å²) < 4.78 is 0. The lowest BCUT2D eigenvalue weighted by molar-refractivity contribution is -0.133. The minimum absolute atomic E-state index is 0.214. The van der Waals surface area contributed by atoms with Crippen LogP contribution in [-0.2, 0) is 16.0 Å². The normalized spacial score (nSPS) is 11.2. The first-order chi connectivity index (χ1) is 9.88. The summed E-state index contributed by atoms with van der Waals surface area (Å²) in [6.07, 6.45) is 0.228. The fourth-order valence-corrected chi connectivity index (χ4v) is 1.98. The monoisotopic (exact) mass is 284 g/mol. The van der Waals surface area contributed by atoms with Gasteiger partial charge in [-0.05, 0) is 16.3 Å². The van der Waals surface area contributed by atoms with Crippen molar-refractivity contribution in [2.24, 2.45) is 5.41 Å². The summed E-state index contributed by atoms with van der Waals surface area (Å²) in [7, 11) is 0. The highest BCUT2D eigenvalue weighted by atomic mass is 16.2. The molecule has 0 radical (unpaired) electrons. The molecule has 0 bridgehead atoms. The zero-order chi connectivity index (χ0) is 15.5. The Hall–Kier alpha value is -2.36. The van der Waals surface area contributed by atoms with Crippen LogP contribution in [0.25, 0.3) is 10.8 Å². The van der Waals surface area contributed by atoms with E-state index in [-0.39, 0.29) is 18.2 Å². The first kappa shape index (κ1) is 15.0. The van der Waals surface area contributed by atoms with Gasteiger partial charge >= 0.3 is 0 Å². The molecule has 21 heavy (non-hydrogen) atoms. The van der Waals surface area contributed by atoms with Gasteiger partial charge in [-0.15, -0.1) is 0 Å². The number of fused-ring (bicyclic) bond motifs is 1. The fraction of sp³-hybridized carbons (Fsp3) is 0.294. The molecule has 0 unspecified atom stereocenters. The Morgan fingerprint density at radius 3 is 2.33 bits per heavy atom. The summed E-state index contributed by atoms with van der Waals surface area (Å²) >= 11 is 0. The summed E-state index contributed by atoms with van der Waals surface area (Å²) in [6.45, 7) is 5.37. The van der Waals surface area contributed by atoms with Gasteiger partial charge in [-0.25, -0.2) is 0 Å². The molecule has 4 nitrogen and oxygen atoms in total. The molecule has 0 aliphatic rings. The Kier molecular flexibility index (Phi) is 4.26. The van der Waals surface area contributed by atoms with Gasteiger partial charge in [-0.2, -0.15) is 0 Å². The third kappa shape index (κ3) is 3.81. The van der Waals surface area contributed by atoms with Crippen molar-refractivity contribution in [1.82, 2.24) is 10.9 Å². The molecule has 2 N–H and O–H groups in total. The second-order valence-electron chi connectivity index (χ2n) is 6.07. The topological polar surface area (TPSA) is 58.2 Å². The van der Waals surface area contributed by atoms with Crippen LogP contribution in [0.1, 0.15) is 26.3 Å². The average molecular weight is 284 g/mol. The summed E-state index contributed by atoms with van der Waals surface area (Å²) in [5.74, 6) is -0.447. The first-order valence-electron chi connectivity index (χ1n) is 6.94. The SMILES string of the molecule is CC(C)(C)C(=O)NNC(=O)Cc1cccc2ccccc12. The molecular weight excluding hydrogens is 264 g/mol. The van der Waals surface area contributed by atoms with E-state index in [0.29, 0.717) is 0 Å². The van der Waals surface area contributed by atoms with E-state index in [0.717, 1.165) is 16.3 Å². The van der Waals surface area contributed by atoms with Crippen LogP contribution in [0.2, 0.25) is 0 Å². The van der Waals surface area contributed by atoms with Crippen molar-refractivity contribution >= 4 is 22.6 Å². The molecule has 110 valence electrons. The lowest BCUT2D eigenvalue weighted by Crippen LogP contribution is -2.47. The Bertz CT molecular complexity index is 667. The number of nitrogens with one attached hydrogen (secondary N) is 2. The van der Waals surface area contributed by atoms with E-state index in [9.17, 15) is 9.59 Å². The van der Waals surface area contributed by atoms with E-state index in [1.165, 1.54) is 0 Å². The Morgan fingerprint density at radius 1 is 0.952 bits per heavy atom. The van der Waals surface area contributed by atoms with Crippen molar-refractivity contribution in [2.45, 2.75) is 27.2 Å². The number of carbonyl (C=O) groups excluding carboxylic acids is 2. The maximum absolute atomic E-state index is 12.0. The van der Waals surface area contributed by atoms with Crippen LogP contribution < -0.4 is 10.9 Å². The Morgan fingerprint density at radius 2 is 1.62 bits per heavy atom. The highest BCUT2D eigenvalue weighted by molar-refractivity contribution is 5.91. The minimum atomic E-state index is -0.535. The number of carbonyl (C=O) groups is 2. The van der Waals surface area contributed by atoms with E-state index in [1.54, 1.807) is 20.8 Å². The van der Waals surface area contributed by atoms with Crippen molar-refractivity contribution in [3.8, 4) is 0 Å². The van der Waals surface area contributed by atoms with Crippen LogP contribution in [0.3, 0.4) is 0 Å². The van der Waals surface area contributed by atoms with Gasteiger partial charge < -0.3 is 0 Å². The highest BCUT2D eigenvalue weighted by Crippen LogP contribution is 2.18. The van der Waals surface area contributed by atoms with Gasteiger partial charge in [-0.1, -0.05) is 63.2 Å². The van der Waals surface area contributed by atoms with Crippen LogP contribution in [0, 0.1) is 5.41 Å². The highest BCUT2D eigenvalue weighted by Gasteiger charge is 2.21. The van der Waals surface area contributed by atoms with E-state index < -0.39 is 5.41 Å². The van der Waals surface area contributed by atoms with Crippen molar-refractivity contribution < 1.29 is 9.59 Å². The molecule has 2 aromatic rings. The van der Waals surface area contributed by atoms with Crippen molar-refractivity contribution in [3.05, 3.63) is 48.0 Å². The molecule has 2 aromatic carbocycles. The van der Waals surface area contributed by atoms with Crippen LogP contribution >= 0.6 is 0 Å². The second kappa shape index (κ2) is 5.95. The molecule has 4 heteroatoms. The second-order valence-corrected chi connectivity index (χ2v) is 6.07. The molecule has 0 aliphatic heterocycles. The van der Waals surface area contributed by atoms with Gasteiger partial charge in [0, 0.05) is 5.41 Å². The van der Waals surface area contributed by atoms with Crippen LogP contribution in [0.5, 0.6) is 0 Å². The van der Waals surface area contributed by atoms with Gasteiger partial charge in [0.05, 0.1) is 6.42 Å². The zero-order valence-corrected chi connectivity index (χ0v) is 12.6. The molecular formula is C17H20N2O2. The number of hydrogen-bond acceptors (Lipinski definition) is 2. The molecule has 0 aliphatic carbocycles. The standard InChI is InChI=1S/C17H20N2O2/c1-17(2,3)16(21)19-18-15(20)11-13-9-6-8-12-7-4-5-10-14(12)13/h4-10H,11H2,1-3H3,(H,18,20)(H,19,21). The third-order valence-corrected chi connectivity index (χ3v) is 3.23. The number of hydrazine groups is 1. The predicted octanol–water partition coefficient (Wildman–Crippen LogP) is 2.58. The average Bonchev–Trinajstić information content (AvgIpc) is 2.44. The van der Waals surface area contributed by atoms with E-state index >= 15 is 0 Å². The smallest absolute Gasteiger partial charge is 0.243 e. The maximum Gasteiger partial charge on any atom is 0.243 e. The van der Waals surface area contributed by atoms with E-state index in [2.05, 4.69) is 10.9 Å². The fourth-order valence-electron chi connectivity index (χ4n) is 1.98. The molecule has 0 fully saturated rings. The number of hydrogen-bond donors (Lipinski definition) is 2. The van der Waals surface area contributed by atoms with Gasteiger partial charge in [0.15, 0.2) is 0 Å². The molecule has 0 saturated carbocycles. The van der Waals surface area contributed by atoms with E-state index in [1.807, 2.05) is 42.5 Å². The van der Waals surface area contributed by atoms with Gasteiger partial charge in [0.25, 0.3) is 0 Å².